The van der Waals surface area contributed by atoms with Crippen molar-refractivity contribution in [3.63, 3.8) is 0 Å². The van der Waals surface area contributed by atoms with Crippen LogP contribution in [0.2, 0.25) is 0 Å². The lowest BCUT2D eigenvalue weighted by Crippen LogP contribution is -2.35. The second-order valence-electron chi connectivity index (χ2n) is 6.49. The van der Waals surface area contributed by atoms with E-state index in [4.69, 9.17) is 0 Å². The van der Waals surface area contributed by atoms with E-state index in [0.29, 0.717) is 6.54 Å². The first-order valence-corrected chi connectivity index (χ1v) is 8.59. The Morgan fingerprint density at radius 3 is 2.74 bits per heavy atom. The molecule has 0 atom stereocenters. The molecule has 1 amide bonds. The van der Waals surface area contributed by atoms with Gasteiger partial charge in [0.1, 0.15) is 18.3 Å². The Kier molecular flexibility index (Phi) is 4.15. The molecule has 8 heteroatoms. The van der Waals surface area contributed by atoms with E-state index in [1.165, 1.54) is 29.5 Å². The average Bonchev–Trinajstić information content (AvgIpc) is 3.20. The van der Waals surface area contributed by atoms with Crippen LogP contribution in [-0.2, 0) is 6.42 Å². The largest absolute Gasteiger partial charge is 0.308 e. The molecular formula is C19H17N5O3. The van der Waals surface area contributed by atoms with Gasteiger partial charge < -0.3 is 4.90 Å². The van der Waals surface area contributed by atoms with Crippen LogP contribution >= 0.6 is 0 Å². The Bertz CT molecular complexity index is 1030. The van der Waals surface area contributed by atoms with Crippen molar-refractivity contribution in [1.82, 2.24) is 14.8 Å². The van der Waals surface area contributed by atoms with Gasteiger partial charge in [0.05, 0.1) is 4.92 Å². The number of nitro groups is 1. The van der Waals surface area contributed by atoms with Crippen molar-refractivity contribution < 1.29 is 9.72 Å². The number of amides is 1. The summed E-state index contributed by atoms with van der Waals surface area (Å²) >= 11 is 0. The Balaban J connectivity index is 1.73. The summed E-state index contributed by atoms with van der Waals surface area (Å²) in [4.78, 5) is 29.6. The predicted octanol–water partition coefficient (Wildman–Crippen LogP) is 3.08. The molecule has 0 bridgehead atoms. The van der Waals surface area contributed by atoms with E-state index < -0.39 is 4.92 Å². The molecule has 4 rings (SSSR count). The highest BCUT2D eigenvalue weighted by atomic mass is 16.6. The molecule has 0 spiro atoms. The van der Waals surface area contributed by atoms with Crippen molar-refractivity contribution in [1.29, 1.82) is 0 Å². The molecule has 0 N–H and O–H groups in total. The molecule has 0 radical (unpaired) electrons. The van der Waals surface area contributed by atoms with E-state index in [1.54, 1.807) is 11.0 Å². The zero-order valence-corrected chi connectivity index (χ0v) is 14.7. The second-order valence-corrected chi connectivity index (χ2v) is 6.49. The van der Waals surface area contributed by atoms with Crippen molar-refractivity contribution in [2.45, 2.75) is 19.8 Å². The van der Waals surface area contributed by atoms with Gasteiger partial charge in [-0.25, -0.2) is 9.67 Å². The number of hydrogen-bond acceptors (Lipinski definition) is 5. The number of carbonyl (C=O) groups is 1. The van der Waals surface area contributed by atoms with Crippen molar-refractivity contribution in [2.75, 3.05) is 11.4 Å². The van der Waals surface area contributed by atoms with Gasteiger partial charge in [0.2, 0.25) is 0 Å². The summed E-state index contributed by atoms with van der Waals surface area (Å²) < 4.78 is 1.31. The van der Waals surface area contributed by atoms with E-state index in [1.807, 2.05) is 19.1 Å². The molecule has 2 heterocycles. The number of nitrogens with zero attached hydrogens (tertiary/aromatic N) is 5. The molecule has 0 aliphatic carbocycles. The minimum atomic E-state index is -0.513. The zero-order valence-electron chi connectivity index (χ0n) is 14.7. The molecule has 136 valence electrons. The Morgan fingerprint density at radius 2 is 2.00 bits per heavy atom. The van der Waals surface area contributed by atoms with E-state index in [0.717, 1.165) is 29.7 Å². The molecule has 1 aromatic heterocycles. The average molecular weight is 363 g/mol. The van der Waals surface area contributed by atoms with Crippen LogP contribution in [0.15, 0.2) is 49.1 Å². The normalized spacial score (nSPS) is 13.3. The number of hydrogen-bond donors (Lipinski definition) is 0. The third-order valence-electron chi connectivity index (χ3n) is 4.68. The highest BCUT2D eigenvalue weighted by Crippen LogP contribution is 2.31. The summed E-state index contributed by atoms with van der Waals surface area (Å²) in [6.45, 7) is 2.61. The van der Waals surface area contributed by atoms with Gasteiger partial charge in [-0.05, 0) is 43.5 Å². The van der Waals surface area contributed by atoms with Gasteiger partial charge in [0, 0.05) is 23.9 Å². The molecular weight excluding hydrogens is 346 g/mol. The van der Waals surface area contributed by atoms with Crippen LogP contribution in [0.3, 0.4) is 0 Å². The third kappa shape index (κ3) is 3.05. The standard InChI is InChI=1S/C19H17N5O3/c1-13-4-6-16-14(9-13)3-2-8-22(16)19(25)15-5-7-17(18(10-15)24(26)27)23-12-20-11-21-23/h4-7,9-12H,2-3,8H2,1H3. The van der Waals surface area contributed by atoms with Crippen molar-refractivity contribution >= 4 is 17.3 Å². The van der Waals surface area contributed by atoms with Crippen LogP contribution in [0.25, 0.3) is 5.69 Å². The number of nitro benzene ring substituents is 1. The summed E-state index contributed by atoms with van der Waals surface area (Å²) in [6, 6.07) is 10.4. The number of aromatic nitrogens is 3. The third-order valence-corrected chi connectivity index (χ3v) is 4.68. The van der Waals surface area contributed by atoms with Crippen LogP contribution in [-0.4, -0.2) is 32.1 Å². The van der Waals surface area contributed by atoms with Gasteiger partial charge in [0.15, 0.2) is 0 Å². The van der Waals surface area contributed by atoms with Gasteiger partial charge in [-0.1, -0.05) is 17.7 Å². The van der Waals surface area contributed by atoms with E-state index >= 15 is 0 Å². The number of benzene rings is 2. The van der Waals surface area contributed by atoms with E-state index in [9.17, 15) is 14.9 Å². The summed E-state index contributed by atoms with van der Waals surface area (Å²) in [5.41, 5.74) is 3.51. The minimum absolute atomic E-state index is 0.188. The smallest absolute Gasteiger partial charge is 0.295 e. The first-order valence-electron chi connectivity index (χ1n) is 8.59. The van der Waals surface area contributed by atoms with Crippen molar-refractivity contribution in [3.05, 3.63) is 75.9 Å². The molecule has 1 aliphatic rings. The highest BCUT2D eigenvalue weighted by molar-refractivity contribution is 6.07. The van der Waals surface area contributed by atoms with E-state index in [-0.39, 0.29) is 22.8 Å². The van der Waals surface area contributed by atoms with Crippen molar-refractivity contribution in [2.24, 2.45) is 0 Å². The molecule has 1 aliphatic heterocycles. The summed E-state index contributed by atoms with van der Waals surface area (Å²) in [7, 11) is 0. The minimum Gasteiger partial charge on any atom is -0.308 e. The maximum Gasteiger partial charge on any atom is 0.295 e. The van der Waals surface area contributed by atoms with Crippen LogP contribution in [0, 0.1) is 17.0 Å². The summed E-state index contributed by atoms with van der Waals surface area (Å²) in [5, 5.41) is 15.5. The van der Waals surface area contributed by atoms with Gasteiger partial charge in [-0.15, -0.1) is 0 Å². The fourth-order valence-corrected chi connectivity index (χ4v) is 3.42. The van der Waals surface area contributed by atoms with Gasteiger partial charge in [-0.2, -0.15) is 5.10 Å². The second kappa shape index (κ2) is 6.64. The van der Waals surface area contributed by atoms with E-state index in [2.05, 4.69) is 16.1 Å². The molecule has 0 unspecified atom stereocenters. The highest BCUT2D eigenvalue weighted by Gasteiger charge is 2.26. The fraction of sp³-hybridized carbons (Fsp3) is 0.211. The SMILES string of the molecule is Cc1ccc2c(c1)CCCN2C(=O)c1ccc(-n2cncn2)c([N+](=O)[O-])c1. The summed E-state index contributed by atoms with van der Waals surface area (Å²) in [6.07, 6.45) is 4.47. The number of rotatable bonds is 3. The van der Waals surface area contributed by atoms with Gasteiger partial charge >= 0.3 is 0 Å². The number of carbonyl (C=O) groups excluding carboxylic acids is 1. The van der Waals surface area contributed by atoms with Crippen LogP contribution < -0.4 is 4.90 Å². The fourth-order valence-electron chi connectivity index (χ4n) is 3.42. The molecule has 8 nitrogen and oxygen atoms in total. The molecule has 0 saturated heterocycles. The zero-order chi connectivity index (χ0) is 19.0. The first-order chi connectivity index (χ1) is 13.0. The Labute approximate surface area is 155 Å². The Morgan fingerprint density at radius 1 is 1.19 bits per heavy atom. The quantitative estimate of drug-likeness (QED) is 0.526. The predicted molar refractivity (Wildman–Crippen MR) is 99.2 cm³/mol. The molecule has 27 heavy (non-hydrogen) atoms. The monoisotopic (exact) mass is 363 g/mol. The van der Waals surface area contributed by atoms with Gasteiger partial charge in [0.25, 0.3) is 11.6 Å². The Hall–Kier alpha value is -3.55. The first kappa shape index (κ1) is 16.9. The lowest BCUT2D eigenvalue weighted by Gasteiger charge is -2.30. The lowest BCUT2D eigenvalue weighted by molar-refractivity contribution is -0.384. The molecule has 0 saturated carbocycles. The molecule has 2 aromatic carbocycles. The maximum atomic E-state index is 13.1. The topological polar surface area (TPSA) is 94.2 Å². The maximum absolute atomic E-state index is 13.1. The van der Waals surface area contributed by atoms with Gasteiger partial charge in [-0.3, -0.25) is 14.9 Å². The van der Waals surface area contributed by atoms with Crippen LogP contribution in [0.5, 0.6) is 0 Å². The molecule has 3 aromatic rings. The van der Waals surface area contributed by atoms with Crippen LogP contribution in [0.4, 0.5) is 11.4 Å². The van der Waals surface area contributed by atoms with Crippen molar-refractivity contribution in [3.8, 4) is 5.69 Å². The number of fused-ring (bicyclic) bond motifs is 1. The summed E-state index contributed by atoms with van der Waals surface area (Å²) in [5.74, 6) is -0.243. The number of aryl methyl sites for hydroxylation is 2. The number of anilines is 1. The lowest BCUT2D eigenvalue weighted by atomic mass is 9.98. The molecule has 0 fully saturated rings. The van der Waals surface area contributed by atoms with Crippen LogP contribution in [0.1, 0.15) is 27.9 Å².